The minimum Gasteiger partial charge on any atom is -0.469 e. The highest BCUT2D eigenvalue weighted by atomic mass is 32.2. The Hall–Kier alpha value is -0.220. The molecule has 1 N–H and O–H groups in total. The Morgan fingerprint density at radius 2 is 2.06 bits per heavy atom. The maximum absolute atomic E-state index is 11.3. The topological polar surface area (TPSA) is 38.3 Å². The number of esters is 1. The van der Waals surface area contributed by atoms with Crippen LogP contribution in [0.3, 0.4) is 0 Å². The van der Waals surface area contributed by atoms with Gasteiger partial charge in [0.05, 0.1) is 13.0 Å². The van der Waals surface area contributed by atoms with Gasteiger partial charge < -0.3 is 10.1 Å². The third kappa shape index (κ3) is 4.51. The summed E-state index contributed by atoms with van der Waals surface area (Å²) in [6.07, 6.45) is 8.86. The molecule has 0 aromatic heterocycles. The second-order valence-electron chi connectivity index (χ2n) is 5.00. The highest BCUT2D eigenvalue weighted by Crippen LogP contribution is 2.37. The monoisotopic (exact) mass is 259 g/mol. The second-order valence-corrected chi connectivity index (χ2v) is 6.28. The molecule has 4 heteroatoms. The first-order valence-corrected chi connectivity index (χ1v) is 7.70. The fourth-order valence-electron chi connectivity index (χ4n) is 2.45. The number of thioether (sulfide) groups is 1. The van der Waals surface area contributed by atoms with E-state index in [1.807, 2.05) is 18.7 Å². The summed E-state index contributed by atoms with van der Waals surface area (Å²) in [6.45, 7) is 3.63. The maximum Gasteiger partial charge on any atom is 0.309 e. The molecule has 0 aromatic rings. The zero-order valence-corrected chi connectivity index (χ0v) is 12.1. The molecule has 0 bridgehead atoms. The van der Waals surface area contributed by atoms with Crippen molar-refractivity contribution in [3.05, 3.63) is 0 Å². The zero-order valence-electron chi connectivity index (χ0n) is 11.3. The standard InChI is InChI=1S/C13H25NO2S/c1-11(12(15)16-2)9-14-10-13(17-3)7-5-4-6-8-13/h11,14H,4-10H2,1-3H3. The number of rotatable bonds is 6. The van der Waals surface area contributed by atoms with Gasteiger partial charge in [0.15, 0.2) is 0 Å². The normalized spacial score (nSPS) is 20.9. The predicted molar refractivity (Wildman–Crippen MR) is 73.4 cm³/mol. The van der Waals surface area contributed by atoms with Crippen molar-refractivity contribution in [3.63, 3.8) is 0 Å². The third-order valence-electron chi connectivity index (χ3n) is 3.70. The molecule has 0 spiro atoms. The van der Waals surface area contributed by atoms with Gasteiger partial charge in [-0.15, -0.1) is 0 Å². The number of carbonyl (C=O) groups excluding carboxylic acids is 1. The Kier molecular flexibility index (Phi) is 6.34. The van der Waals surface area contributed by atoms with Gasteiger partial charge in [-0.2, -0.15) is 11.8 Å². The first kappa shape index (κ1) is 14.8. The molecular formula is C13H25NO2S. The number of hydrogen-bond acceptors (Lipinski definition) is 4. The molecular weight excluding hydrogens is 234 g/mol. The summed E-state index contributed by atoms with van der Waals surface area (Å²) in [6, 6.07) is 0. The van der Waals surface area contributed by atoms with Crippen LogP contribution in [0, 0.1) is 5.92 Å². The molecule has 1 atom stereocenters. The Morgan fingerprint density at radius 3 is 2.59 bits per heavy atom. The van der Waals surface area contributed by atoms with Gasteiger partial charge in [0.1, 0.15) is 0 Å². The highest BCUT2D eigenvalue weighted by Gasteiger charge is 2.30. The summed E-state index contributed by atoms with van der Waals surface area (Å²) in [4.78, 5) is 11.3. The van der Waals surface area contributed by atoms with Crippen molar-refractivity contribution in [2.75, 3.05) is 26.5 Å². The van der Waals surface area contributed by atoms with Crippen LogP contribution in [0.1, 0.15) is 39.0 Å². The minimum atomic E-state index is -0.126. The zero-order chi connectivity index (χ0) is 12.7. The molecule has 0 heterocycles. The molecule has 3 nitrogen and oxygen atoms in total. The van der Waals surface area contributed by atoms with Gasteiger partial charge in [-0.3, -0.25) is 4.79 Å². The van der Waals surface area contributed by atoms with Crippen molar-refractivity contribution in [2.24, 2.45) is 5.92 Å². The molecule has 1 rings (SSSR count). The second kappa shape index (κ2) is 7.27. The van der Waals surface area contributed by atoms with Crippen LogP contribution in [0.15, 0.2) is 0 Å². The van der Waals surface area contributed by atoms with E-state index in [0.717, 1.165) is 13.1 Å². The highest BCUT2D eigenvalue weighted by molar-refractivity contribution is 8.00. The summed E-state index contributed by atoms with van der Waals surface area (Å²) < 4.78 is 5.12. The molecule has 0 aliphatic heterocycles. The van der Waals surface area contributed by atoms with E-state index in [-0.39, 0.29) is 11.9 Å². The van der Waals surface area contributed by atoms with Crippen LogP contribution in [-0.4, -0.2) is 37.2 Å². The van der Waals surface area contributed by atoms with Crippen molar-refractivity contribution in [1.29, 1.82) is 0 Å². The molecule has 1 aliphatic rings. The largest absolute Gasteiger partial charge is 0.469 e. The Labute approximate surface area is 109 Å². The fraction of sp³-hybridized carbons (Fsp3) is 0.923. The minimum absolute atomic E-state index is 0.0532. The van der Waals surface area contributed by atoms with E-state index in [4.69, 9.17) is 4.74 Å². The molecule has 1 saturated carbocycles. The smallest absolute Gasteiger partial charge is 0.309 e. The lowest BCUT2D eigenvalue weighted by molar-refractivity contribution is -0.144. The quantitative estimate of drug-likeness (QED) is 0.744. The van der Waals surface area contributed by atoms with Crippen molar-refractivity contribution in [2.45, 2.75) is 43.8 Å². The third-order valence-corrected chi connectivity index (χ3v) is 5.12. The van der Waals surface area contributed by atoms with E-state index in [2.05, 4.69) is 11.6 Å². The van der Waals surface area contributed by atoms with Crippen LogP contribution < -0.4 is 5.32 Å². The van der Waals surface area contributed by atoms with Crippen LogP contribution in [-0.2, 0) is 9.53 Å². The molecule has 1 aliphatic carbocycles. The maximum atomic E-state index is 11.3. The molecule has 100 valence electrons. The lowest BCUT2D eigenvalue weighted by atomic mass is 9.88. The molecule has 1 unspecified atom stereocenters. The van der Waals surface area contributed by atoms with Gasteiger partial charge in [0.2, 0.25) is 0 Å². The van der Waals surface area contributed by atoms with Gasteiger partial charge in [0.25, 0.3) is 0 Å². The number of methoxy groups -OCH3 is 1. The lowest BCUT2D eigenvalue weighted by Crippen LogP contribution is -2.41. The average Bonchev–Trinajstić information content (AvgIpc) is 2.38. The van der Waals surface area contributed by atoms with E-state index in [1.54, 1.807) is 0 Å². The van der Waals surface area contributed by atoms with Crippen LogP contribution in [0.25, 0.3) is 0 Å². The van der Waals surface area contributed by atoms with E-state index in [1.165, 1.54) is 39.2 Å². The number of nitrogens with one attached hydrogen (secondary N) is 1. The van der Waals surface area contributed by atoms with Crippen LogP contribution in [0.5, 0.6) is 0 Å². The number of carbonyl (C=O) groups is 1. The summed E-state index contributed by atoms with van der Waals surface area (Å²) >= 11 is 1.98. The summed E-state index contributed by atoms with van der Waals surface area (Å²) in [7, 11) is 1.45. The predicted octanol–water partition coefficient (Wildman–Crippen LogP) is 2.45. The molecule has 1 fully saturated rings. The summed E-state index contributed by atoms with van der Waals surface area (Å²) in [5.41, 5.74) is 0. The first-order chi connectivity index (χ1) is 8.13. The number of ether oxygens (including phenoxy) is 1. The molecule has 0 radical (unpaired) electrons. The van der Waals surface area contributed by atoms with Crippen molar-refractivity contribution < 1.29 is 9.53 Å². The van der Waals surface area contributed by atoms with E-state index in [9.17, 15) is 4.79 Å². The summed E-state index contributed by atoms with van der Waals surface area (Å²) in [5.74, 6) is -0.179. The van der Waals surface area contributed by atoms with Gasteiger partial charge in [-0.25, -0.2) is 0 Å². The first-order valence-electron chi connectivity index (χ1n) is 6.47. The van der Waals surface area contributed by atoms with Crippen LogP contribution in [0.4, 0.5) is 0 Å². The van der Waals surface area contributed by atoms with Crippen molar-refractivity contribution in [3.8, 4) is 0 Å². The average molecular weight is 259 g/mol. The Morgan fingerprint density at radius 1 is 1.41 bits per heavy atom. The van der Waals surface area contributed by atoms with Crippen LogP contribution in [0.2, 0.25) is 0 Å². The lowest BCUT2D eigenvalue weighted by Gasteiger charge is -2.36. The van der Waals surface area contributed by atoms with Crippen molar-refractivity contribution in [1.82, 2.24) is 5.32 Å². The van der Waals surface area contributed by atoms with Crippen molar-refractivity contribution >= 4 is 17.7 Å². The molecule has 0 saturated heterocycles. The molecule has 0 amide bonds. The fourth-order valence-corrected chi connectivity index (χ4v) is 3.39. The number of hydrogen-bond donors (Lipinski definition) is 1. The summed E-state index contributed by atoms with van der Waals surface area (Å²) in [5, 5.41) is 3.44. The van der Waals surface area contributed by atoms with Gasteiger partial charge in [0, 0.05) is 17.8 Å². The Balaban J connectivity index is 2.30. The van der Waals surface area contributed by atoms with E-state index in [0.29, 0.717) is 4.75 Å². The molecule has 17 heavy (non-hydrogen) atoms. The van der Waals surface area contributed by atoms with Gasteiger partial charge >= 0.3 is 5.97 Å². The van der Waals surface area contributed by atoms with E-state index >= 15 is 0 Å². The van der Waals surface area contributed by atoms with E-state index < -0.39 is 0 Å². The Bertz CT molecular complexity index is 240. The van der Waals surface area contributed by atoms with Crippen LogP contribution >= 0.6 is 11.8 Å². The van der Waals surface area contributed by atoms with Gasteiger partial charge in [-0.1, -0.05) is 26.2 Å². The SMILES string of the molecule is COC(=O)C(C)CNCC1(SC)CCCCC1. The molecule has 0 aromatic carbocycles. The van der Waals surface area contributed by atoms with Gasteiger partial charge in [-0.05, 0) is 19.1 Å².